The molecule has 2 aromatic carbocycles. The highest BCUT2D eigenvalue weighted by Gasteiger charge is 2.31. The molecule has 1 heterocycles. The highest BCUT2D eigenvalue weighted by molar-refractivity contribution is 7.88. The topological polar surface area (TPSA) is 75.7 Å². The second kappa shape index (κ2) is 10.0. The first kappa shape index (κ1) is 22.2. The summed E-state index contributed by atoms with van der Waals surface area (Å²) in [5.74, 6) is -0.0815. The SMILES string of the molecule is Cc1ccc(OCCNC(=O)C2CCN(S(=O)(=O)Cc3ccc(F)cc3)CC2)cc1. The number of hydrogen-bond donors (Lipinski definition) is 1. The second-order valence-electron chi connectivity index (χ2n) is 7.51. The van der Waals surface area contributed by atoms with Crippen LogP contribution in [0, 0.1) is 18.7 Å². The maximum Gasteiger partial charge on any atom is 0.223 e. The maximum atomic E-state index is 13.0. The Morgan fingerprint density at radius 2 is 1.73 bits per heavy atom. The molecule has 0 unspecified atom stereocenters. The molecule has 2 aromatic rings. The molecule has 1 aliphatic rings. The van der Waals surface area contributed by atoms with Gasteiger partial charge in [0.1, 0.15) is 18.2 Å². The average Bonchev–Trinajstić information content (AvgIpc) is 2.74. The van der Waals surface area contributed by atoms with Crippen molar-refractivity contribution in [2.45, 2.75) is 25.5 Å². The number of nitrogens with zero attached hydrogens (tertiary/aromatic N) is 1. The van der Waals surface area contributed by atoms with Gasteiger partial charge in [0, 0.05) is 19.0 Å². The maximum absolute atomic E-state index is 13.0. The monoisotopic (exact) mass is 434 g/mol. The third-order valence-corrected chi connectivity index (χ3v) is 7.02. The van der Waals surface area contributed by atoms with E-state index in [1.807, 2.05) is 31.2 Å². The van der Waals surface area contributed by atoms with Crippen LogP contribution in [-0.4, -0.2) is 44.9 Å². The normalized spacial score (nSPS) is 15.7. The van der Waals surface area contributed by atoms with Gasteiger partial charge in [-0.05, 0) is 49.6 Å². The van der Waals surface area contributed by atoms with Crippen LogP contribution in [-0.2, 0) is 20.6 Å². The summed E-state index contributed by atoms with van der Waals surface area (Å²) < 4.78 is 45.2. The molecule has 6 nitrogen and oxygen atoms in total. The number of nitrogens with one attached hydrogen (secondary N) is 1. The molecule has 0 saturated carbocycles. The molecule has 1 amide bonds. The Hall–Kier alpha value is -2.45. The summed E-state index contributed by atoms with van der Waals surface area (Å²) in [4.78, 5) is 12.4. The first-order valence-corrected chi connectivity index (χ1v) is 11.6. The van der Waals surface area contributed by atoms with Crippen LogP contribution in [0.5, 0.6) is 5.75 Å². The van der Waals surface area contributed by atoms with Gasteiger partial charge in [-0.3, -0.25) is 4.79 Å². The molecule has 0 atom stereocenters. The van der Waals surface area contributed by atoms with Gasteiger partial charge in [0.05, 0.1) is 12.3 Å². The third-order valence-electron chi connectivity index (χ3n) is 5.17. The van der Waals surface area contributed by atoms with Crippen molar-refractivity contribution in [2.75, 3.05) is 26.2 Å². The van der Waals surface area contributed by atoms with Gasteiger partial charge in [-0.15, -0.1) is 0 Å². The lowest BCUT2D eigenvalue weighted by Crippen LogP contribution is -2.43. The van der Waals surface area contributed by atoms with Crippen molar-refractivity contribution in [3.05, 3.63) is 65.5 Å². The van der Waals surface area contributed by atoms with Crippen molar-refractivity contribution in [3.8, 4) is 5.75 Å². The predicted molar refractivity (Wildman–Crippen MR) is 113 cm³/mol. The fourth-order valence-electron chi connectivity index (χ4n) is 3.40. The third kappa shape index (κ3) is 6.27. The summed E-state index contributed by atoms with van der Waals surface area (Å²) in [6.07, 6.45) is 0.959. The fraction of sp³-hybridized carbons (Fsp3) is 0.409. The van der Waals surface area contributed by atoms with Gasteiger partial charge in [-0.1, -0.05) is 29.8 Å². The molecule has 0 aromatic heterocycles. The lowest BCUT2D eigenvalue weighted by atomic mass is 9.97. The van der Waals surface area contributed by atoms with E-state index in [9.17, 15) is 17.6 Å². The van der Waals surface area contributed by atoms with Gasteiger partial charge in [0.15, 0.2) is 0 Å². The van der Waals surface area contributed by atoms with Crippen LogP contribution >= 0.6 is 0 Å². The highest BCUT2D eigenvalue weighted by atomic mass is 32.2. The molecule has 1 saturated heterocycles. The van der Waals surface area contributed by atoms with Crippen LogP contribution in [0.25, 0.3) is 0 Å². The van der Waals surface area contributed by atoms with E-state index in [4.69, 9.17) is 4.74 Å². The molecule has 30 heavy (non-hydrogen) atoms. The molecular weight excluding hydrogens is 407 g/mol. The van der Waals surface area contributed by atoms with Crippen molar-refractivity contribution in [2.24, 2.45) is 5.92 Å². The van der Waals surface area contributed by atoms with E-state index >= 15 is 0 Å². The minimum Gasteiger partial charge on any atom is -0.492 e. The first-order chi connectivity index (χ1) is 14.3. The fourth-order valence-corrected chi connectivity index (χ4v) is 4.96. The van der Waals surface area contributed by atoms with E-state index in [0.717, 1.165) is 11.3 Å². The lowest BCUT2D eigenvalue weighted by molar-refractivity contribution is -0.126. The molecule has 1 aliphatic heterocycles. The number of carbonyl (C=O) groups is 1. The zero-order chi connectivity index (χ0) is 21.6. The van der Waals surface area contributed by atoms with Crippen LogP contribution < -0.4 is 10.1 Å². The van der Waals surface area contributed by atoms with Gasteiger partial charge in [-0.25, -0.2) is 17.1 Å². The molecule has 0 aliphatic carbocycles. The molecule has 3 rings (SSSR count). The average molecular weight is 435 g/mol. The summed E-state index contributed by atoms with van der Waals surface area (Å²) in [6, 6.07) is 13.2. The van der Waals surface area contributed by atoms with Gasteiger partial charge < -0.3 is 10.1 Å². The Kier molecular flexibility index (Phi) is 7.44. The number of hydrogen-bond acceptors (Lipinski definition) is 4. The summed E-state index contributed by atoms with van der Waals surface area (Å²) >= 11 is 0. The van der Waals surface area contributed by atoms with Gasteiger partial charge >= 0.3 is 0 Å². The number of aryl methyl sites for hydroxylation is 1. The van der Waals surface area contributed by atoms with E-state index in [2.05, 4.69) is 5.32 Å². The van der Waals surface area contributed by atoms with Crippen molar-refractivity contribution in [1.29, 1.82) is 0 Å². The van der Waals surface area contributed by atoms with E-state index in [0.29, 0.717) is 44.6 Å². The summed E-state index contributed by atoms with van der Waals surface area (Å²) in [6.45, 7) is 3.39. The molecular formula is C22H27FN2O4S. The van der Waals surface area contributed by atoms with Crippen molar-refractivity contribution in [1.82, 2.24) is 9.62 Å². The number of piperidine rings is 1. The Bertz CT molecular complexity index is 938. The lowest BCUT2D eigenvalue weighted by Gasteiger charge is -2.30. The number of rotatable bonds is 8. The largest absolute Gasteiger partial charge is 0.492 e. The number of halogens is 1. The molecule has 162 valence electrons. The Morgan fingerprint density at radius 1 is 1.10 bits per heavy atom. The molecule has 8 heteroatoms. The summed E-state index contributed by atoms with van der Waals surface area (Å²) in [5.41, 5.74) is 1.70. The number of carbonyl (C=O) groups excluding carboxylic acids is 1. The van der Waals surface area contributed by atoms with Gasteiger partial charge in [-0.2, -0.15) is 0 Å². The molecule has 0 bridgehead atoms. The standard InChI is InChI=1S/C22H27FN2O4S/c1-17-2-8-21(9-3-17)29-15-12-24-22(26)19-10-13-25(14-11-19)30(27,28)16-18-4-6-20(23)7-5-18/h2-9,19H,10-16H2,1H3,(H,24,26). The van der Waals surface area contributed by atoms with E-state index < -0.39 is 15.8 Å². The number of sulfonamides is 1. The van der Waals surface area contributed by atoms with E-state index in [-0.39, 0.29) is 17.6 Å². The number of benzene rings is 2. The minimum atomic E-state index is -3.49. The Morgan fingerprint density at radius 3 is 2.37 bits per heavy atom. The van der Waals surface area contributed by atoms with E-state index in [1.54, 1.807) is 0 Å². The molecule has 0 spiro atoms. The zero-order valence-electron chi connectivity index (χ0n) is 17.0. The van der Waals surface area contributed by atoms with Crippen LogP contribution in [0.3, 0.4) is 0 Å². The highest BCUT2D eigenvalue weighted by Crippen LogP contribution is 2.22. The molecule has 0 radical (unpaired) electrons. The van der Waals surface area contributed by atoms with E-state index in [1.165, 1.54) is 28.6 Å². The van der Waals surface area contributed by atoms with Crippen molar-refractivity contribution >= 4 is 15.9 Å². The van der Waals surface area contributed by atoms with Gasteiger partial charge in [0.25, 0.3) is 0 Å². The number of ether oxygens (including phenoxy) is 1. The molecule has 1 fully saturated rings. The Labute approximate surface area is 177 Å². The van der Waals surface area contributed by atoms with Crippen LogP contribution in [0.2, 0.25) is 0 Å². The van der Waals surface area contributed by atoms with Crippen molar-refractivity contribution < 1.29 is 22.3 Å². The smallest absolute Gasteiger partial charge is 0.223 e. The predicted octanol–water partition coefficient (Wildman–Crippen LogP) is 2.87. The van der Waals surface area contributed by atoms with Crippen LogP contribution in [0.4, 0.5) is 4.39 Å². The first-order valence-electron chi connectivity index (χ1n) is 10.0. The number of amides is 1. The summed E-state index contributed by atoms with van der Waals surface area (Å²) in [5, 5.41) is 2.87. The minimum absolute atomic E-state index is 0.0712. The van der Waals surface area contributed by atoms with Crippen molar-refractivity contribution in [3.63, 3.8) is 0 Å². The Balaban J connectivity index is 1.40. The zero-order valence-corrected chi connectivity index (χ0v) is 17.8. The van der Waals surface area contributed by atoms with Crippen LogP contribution in [0.15, 0.2) is 48.5 Å². The van der Waals surface area contributed by atoms with Crippen LogP contribution in [0.1, 0.15) is 24.0 Å². The summed E-state index contributed by atoms with van der Waals surface area (Å²) in [7, 11) is -3.49. The quantitative estimate of drug-likeness (QED) is 0.649. The van der Waals surface area contributed by atoms with Gasteiger partial charge in [0.2, 0.25) is 15.9 Å². The molecule has 1 N–H and O–H groups in total. The second-order valence-corrected chi connectivity index (χ2v) is 9.48.